The van der Waals surface area contributed by atoms with E-state index in [0.717, 1.165) is 24.9 Å². The lowest BCUT2D eigenvalue weighted by atomic mass is 10.0. The first kappa shape index (κ1) is 16.4. The molecule has 1 aromatic heterocycles. The van der Waals surface area contributed by atoms with Gasteiger partial charge >= 0.3 is 0 Å². The molecule has 126 valence electrons. The number of aromatic nitrogens is 2. The first-order valence-electron chi connectivity index (χ1n) is 8.49. The predicted octanol–water partition coefficient (Wildman–Crippen LogP) is 2.56. The zero-order valence-corrected chi connectivity index (χ0v) is 14.2. The van der Waals surface area contributed by atoms with Crippen LogP contribution in [0, 0.1) is 5.92 Å². The second-order valence-corrected chi connectivity index (χ2v) is 6.62. The summed E-state index contributed by atoms with van der Waals surface area (Å²) in [6.07, 6.45) is 2.07. The largest absolute Gasteiger partial charge is 0.338 e. The van der Waals surface area contributed by atoms with Crippen LogP contribution in [0.2, 0.25) is 0 Å². The molecule has 24 heavy (non-hydrogen) atoms. The maximum atomic E-state index is 12.7. The van der Waals surface area contributed by atoms with Crippen molar-refractivity contribution < 1.29 is 4.79 Å². The average molecular weight is 325 g/mol. The lowest BCUT2D eigenvalue weighted by Gasteiger charge is -2.27. The van der Waals surface area contributed by atoms with Crippen LogP contribution in [-0.2, 0) is 11.3 Å². The number of carbonyl (C=O) groups excluding carboxylic acids is 1. The van der Waals surface area contributed by atoms with Gasteiger partial charge in [-0.15, -0.1) is 0 Å². The summed E-state index contributed by atoms with van der Waals surface area (Å²) in [4.78, 5) is 26.7. The van der Waals surface area contributed by atoms with Gasteiger partial charge in [0.05, 0.1) is 5.69 Å². The topological polar surface area (TPSA) is 55.2 Å². The fraction of sp³-hybridized carbons (Fsp3) is 0.421. The number of benzene rings is 1. The van der Waals surface area contributed by atoms with Crippen molar-refractivity contribution in [3.63, 3.8) is 0 Å². The van der Waals surface area contributed by atoms with E-state index in [2.05, 4.69) is 18.9 Å². The van der Waals surface area contributed by atoms with Crippen molar-refractivity contribution in [3.05, 3.63) is 52.8 Å². The predicted molar refractivity (Wildman–Crippen MR) is 93.5 cm³/mol. The highest BCUT2D eigenvalue weighted by Gasteiger charge is 2.30. The molecule has 1 atom stereocenters. The first-order valence-corrected chi connectivity index (χ1v) is 8.49. The van der Waals surface area contributed by atoms with E-state index in [9.17, 15) is 9.59 Å². The monoisotopic (exact) mass is 325 g/mol. The van der Waals surface area contributed by atoms with Gasteiger partial charge in [-0.2, -0.15) is 5.10 Å². The number of nitrogens with zero attached hydrogens (tertiary/aromatic N) is 3. The van der Waals surface area contributed by atoms with Crippen LogP contribution in [0.5, 0.6) is 0 Å². The second kappa shape index (κ2) is 6.99. The molecule has 3 rings (SSSR count). The molecule has 1 fully saturated rings. The third kappa shape index (κ3) is 3.40. The fourth-order valence-corrected chi connectivity index (χ4v) is 3.34. The number of likely N-dealkylation sites (tertiary alicyclic amines) is 1. The van der Waals surface area contributed by atoms with Crippen molar-refractivity contribution in [3.8, 4) is 11.3 Å². The maximum Gasteiger partial charge on any atom is 0.267 e. The van der Waals surface area contributed by atoms with E-state index < -0.39 is 0 Å². The minimum absolute atomic E-state index is 0.00271. The zero-order valence-electron chi connectivity index (χ0n) is 14.2. The summed E-state index contributed by atoms with van der Waals surface area (Å²) in [7, 11) is 0. The third-order valence-electron chi connectivity index (χ3n) is 4.61. The van der Waals surface area contributed by atoms with Gasteiger partial charge in [-0.05, 0) is 24.8 Å². The van der Waals surface area contributed by atoms with E-state index in [1.54, 1.807) is 6.07 Å². The Morgan fingerprint density at radius 1 is 1.21 bits per heavy atom. The molecule has 0 spiro atoms. The Labute approximate surface area is 141 Å². The molecule has 1 aliphatic rings. The Balaban J connectivity index is 1.82. The van der Waals surface area contributed by atoms with Crippen LogP contribution in [-0.4, -0.2) is 33.2 Å². The van der Waals surface area contributed by atoms with Gasteiger partial charge in [0.2, 0.25) is 5.91 Å². The summed E-state index contributed by atoms with van der Waals surface area (Å²) < 4.78 is 1.28. The van der Waals surface area contributed by atoms with Gasteiger partial charge in [-0.25, -0.2) is 4.68 Å². The Bertz CT molecular complexity index is 768. The average Bonchev–Trinajstić information content (AvgIpc) is 3.08. The molecule has 2 aromatic rings. The molecular formula is C19H23N3O2. The van der Waals surface area contributed by atoms with E-state index in [0.29, 0.717) is 11.6 Å². The number of carbonyl (C=O) groups is 1. The van der Waals surface area contributed by atoms with E-state index >= 15 is 0 Å². The molecule has 5 heteroatoms. The molecule has 1 unspecified atom stereocenters. The summed E-state index contributed by atoms with van der Waals surface area (Å²) in [6, 6.07) is 13.1. The zero-order chi connectivity index (χ0) is 17.1. The van der Waals surface area contributed by atoms with Crippen LogP contribution < -0.4 is 5.56 Å². The summed E-state index contributed by atoms with van der Waals surface area (Å²) in [5.41, 5.74) is 1.38. The van der Waals surface area contributed by atoms with E-state index in [1.807, 2.05) is 35.2 Å². The van der Waals surface area contributed by atoms with Gasteiger partial charge < -0.3 is 4.90 Å². The van der Waals surface area contributed by atoms with Crippen LogP contribution in [0.4, 0.5) is 0 Å². The highest BCUT2D eigenvalue weighted by atomic mass is 16.2. The lowest BCUT2D eigenvalue weighted by molar-refractivity contribution is -0.133. The van der Waals surface area contributed by atoms with Gasteiger partial charge in [0.1, 0.15) is 6.54 Å². The van der Waals surface area contributed by atoms with Crippen LogP contribution in [0.15, 0.2) is 47.3 Å². The lowest BCUT2D eigenvalue weighted by Crippen LogP contribution is -2.42. The summed E-state index contributed by atoms with van der Waals surface area (Å²) in [6.45, 7) is 5.05. The molecule has 0 aliphatic carbocycles. The highest BCUT2D eigenvalue weighted by Crippen LogP contribution is 2.24. The minimum atomic E-state index is -0.247. The summed E-state index contributed by atoms with van der Waals surface area (Å²) in [5.74, 6) is 0.405. The fourth-order valence-electron chi connectivity index (χ4n) is 3.34. The van der Waals surface area contributed by atoms with Crippen molar-refractivity contribution in [2.45, 2.75) is 39.3 Å². The molecule has 1 saturated heterocycles. The Kier molecular flexibility index (Phi) is 4.79. The van der Waals surface area contributed by atoms with Crippen molar-refractivity contribution in [2.24, 2.45) is 5.92 Å². The van der Waals surface area contributed by atoms with E-state index in [1.165, 1.54) is 10.7 Å². The third-order valence-corrected chi connectivity index (χ3v) is 4.61. The Morgan fingerprint density at radius 2 is 1.96 bits per heavy atom. The molecule has 0 radical (unpaired) electrons. The van der Waals surface area contributed by atoms with Crippen molar-refractivity contribution in [1.82, 2.24) is 14.7 Å². The molecule has 0 N–H and O–H groups in total. The van der Waals surface area contributed by atoms with Crippen molar-refractivity contribution in [2.75, 3.05) is 6.54 Å². The highest BCUT2D eigenvalue weighted by molar-refractivity contribution is 5.76. The summed E-state index contributed by atoms with van der Waals surface area (Å²) >= 11 is 0. The number of rotatable bonds is 4. The van der Waals surface area contributed by atoms with Gasteiger partial charge in [0, 0.05) is 24.2 Å². The molecule has 1 aromatic carbocycles. The number of hydrogen-bond acceptors (Lipinski definition) is 3. The standard InChI is InChI=1S/C19H23N3O2/c1-14(2)17-9-6-12-21(17)19(24)13-22-18(23)11-10-16(20-22)15-7-4-3-5-8-15/h3-5,7-8,10-11,14,17H,6,9,12-13H2,1-2H3. The van der Waals surface area contributed by atoms with Gasteiger partial charge in [-0.1, -0.05) is 44.2 Å². The van der Waals surface area contributed by atoms with Gasteiger partial charge in [0.15, 0.2) is 0 Å². The number of hydrogen-bond donors (Lipinski definition) is 0. The van der Waals surface area contributed by atoms with E-state index in [4.69, 9.17) is 0 Å². The molecule has 1 amide bonds. The van der Waals surface area contributed by atoms with Crippen molar-refractivity contribution in [1.29, 1.82) is 0 Å². The minimum Gasteiger partial charge on any atom is -0.338 e. The quantitative estimate of drug-likeness (QED) is 0.868. The van der Waals surface area contributed by atoms with E-state index in [-0.39, 0.29) is 24.1 Å². The first-order chi connectivity index (χ1) is 11.6. The molecule has 2 heterocycles. The smallest absolute Gasteiger partial charge is 0.267 e. The number of amides is 1. The Hall–Kier alpha value is -2.43. The van der Waals surface area contributed by atoms with Crippen molar-refractivity contribution >= 4 is 5.91 Å². The van der Waals surface area contributed by atoms with Crippen LogP contribution in [0.25, 0.3) is 11.3 Å². The molecule has 0 bridgehead atoms. The maximum absolute atomic E-state index is 12.7. The van der Waals surface area contributed by atoms with Crippen LogP contribution in [0.3, 0.4) is 0 Å². The second-order valence-electron chi connectivity index (χ2n) is 6.62. The Morgan fingerprint density at radius 3 is 2.67 bits per heavy atom. The molecule has 1 aliphatic heterocycles. The summed E-state index contributed by atoms with van der Waals surface area (Å²) in [5, 5.41) is 4.38. The SMILES string of the molecule is CC(C)C1CCCN1C(=O)Cn1nc(-c2ccccc2)ccc1=O. The normalized spacial score (nSPS) is 17.5. The van der Waals surface area contributed by atoms with Crippen LogP contribution in [0.1, 0.15) is 26.7 Å². The molecular weight excluding hydrogens is 302 g/mol. The van der Waals surface area contributed by atoms with Gasteiger partial charge in [-0.3, -0.25) is 9.59 Å². The van der Waals surface area contributed by atoms with Crippen LogP contribution >= 0.6 is 0 Å². The molecule has 5 nitrogen and oxygen atoms in total. The van der Waals surface area contributed by atoms with Gasteiger partial charge in [0.25, 0.3) is 5.56 Å². The molecule has 0 saturated carbocycles.